The summed E-state index contributed by atoms with van der Waals surface area (Å²) in [4.78, 5) is 0. The molecule has 0 aliphatic heterocycles. The first-order valence-electron chi connectivity index (χ1n) is 7.92. The van der Waals surface area contributed by atoms with Gasteiger partial charge in [0.1, 0.15) is 18.2 Å². The molecule has 4 heteroatoms. The number of rotatable bonds is 6. The highest BCUT2D eigenvalue weighted by Gasteiger charge is 2.09. The van der Waals surface area contributed by atoms with Crippen molar-refractivity contribution in [1.82, 2.24) is 0 Å². The van der Waals surface area contributed by atoms with Crippen LogP contribution in [0.5, 0.6) is 5.75 Å². The number of halogens is 2. The predicted octanol–water partition coefficient (Wildman–Crippen LogP) is 5.57. The lowest BCUT2D eigenvalue weighted by molar-refractivity contribution is 0.262. The third kappa shape index (κ3) is 5.52. The lowest BCUT2D eigenvalue weighted by Gasteiger charge is -2.13. The average molecular weight is 339 g/mol. The normalized spacial score (nSPS) is 11.4. The highest BCUT2D eigenvalue weighted by atomic mass is 35.5. The first kappa shape index (κ1) is 19.5. The summed E-state index contributed by atoms with van der Waals surface area (Å²) in [6, 6.07) is 12.0. The fourth-order valence-corrected chi connectivity index (χ4v) is 2.35. The van der Waals surface area contributed by atoms with Crippen molar-refractivity contribution in [3.63, 3.8) is 0 Å². The molecule has 0 aromatic heterocycles. The summed E-state index contributed by atoms with van der Waals surface area (Å²) in [5.41, 5.74) is 1.42. The van der Waals surface area contributed by atoms with Crippen LogP contribution in [0.4, 0.5) is 4.39 Å². The molecule has 0 amide bonds. The van der Waals surface area contributed by atoms with E-state index >= 15 is 0 Å². The standard InChI is InChI=1S/C17H18ClFO2.C2H6/c1-2-12(10-20)13-6-8-14(9-7-13)21-11-15-16(18)4-3-5-17(15)19;1-2/h3-9,12,20H,2,10-11H2,1H3;1-2H3. The molecule has 2 aromatic carbocycles. The zero-order valence-corrected chi connectivity index (χ0v) is 14.6. The van der Waals surface area contributed by atoms with Gasteiger partial charge in [0, 0.05) is 18.1 Å². The van der Waals surface area contributed by atoms with E-state index in [9.17, 15) is 9.50 Å². The number of hydrogen-bond acceptors (Lipinski definition) is 2. The van der Waals surface area contributed by atoms with Gasteiger partial charge < -0.3 is 9.84 Å². The first-order chi connectivity index (χ1) is 11.2. The average Bonchev–Trinajstić information content (AvgIpc) is 2.58. The van der Waals surface area contributed by atoms with Crippen LogP contribution in [0.15, 0.2) is 42.5 Å². The molecule has 0 spiro atoms. The van der Waals surface area contributed by atoms with E-state index in [1.807, 2.05) is 45.0 Å². The van der Waals surface area contributed by atoms with Gasteiger partial charge in [-0.3, -0.25) is 0 Å². The van der Waals surface area contributed by atoms with E-state index in [1.54, 1.807) is 12.1 Å². The smallest absolute Gasteiger partial charge is 0.131 e. The molecule has 0 saturated carbocycles. The van der Waals surface area contributed by atoms with Crippen molar-refractivity contribution in [3.8, 4) is 5.75 Å². The Labute approximate surface area is 142 Å². The van der Waals surface area contributed by atoms with E-state index in [0.29, 0.717) is 16.3 Å². The summed E-state index contributed by atoms with van der Waals surface area (Å²) in [5.74, 6) is 0.413. The Morgan fingerprint density at radius 1 is 1.13 bits per heavy atom. The second-order valence-corrected chi connectivity index (χ2v) is 5.25. The van der Waals surface area contributed by atoms with Crippen LogP contribution in [0.3, 0.4) is 0 Å². The Morgan fingerprint density at radius 3 is 2.30 bits per heavy atom. The molecule has 1 atom stereocenters. The van der Waals surface area contributed by atoms with E-state index in [4.69, 9.17) is 16.3 Å². The molecule has 0 radical (unpaired) electrons. The molecule has 1 unspecified atom stereocenters. The fraction of sp³-hybridized carbons (Fsp3) is 0.368. The molecule has 0 saturated heterocycles. The molecule has 2 rings (SSSR count). The van der Waals surface area contributed by atoms with Crippen LogP contribution in [0, 0.1) is 5.82 Å². The van der Waals surface area contributed by atoms with Gasteiger partial charge in [0.2, 0.25) is 0 Å². The third-order valence-electron chi connectivity index (χ3n) is 3.51. The highest BCUT2D eigenvalue weighted by molar-refractivity contribution is 6.31. The van der Waals surface area contributed by atoms with Crippen LogP contribution in [0.25, 0.3) is 0 Å². The topological polar surface area (TPSA) is 29.5 Å². The molecule has 0 fully saturated rings. The molecule has 0 aliphatic carbocycles. The van der Waals surface area contributed by atoms with E-state index in [-0.39, 0.29) is 24.9 Å². The van der Waals surface area contributed by atoms with Crippen molar-refractivity contribution in [3.05, 3.63) is 64.4 Å². The number of aliphatic hydroxyl groups excluding tert-OH is 1. The first-order valence-corrected chi connectivity index (χ1v) is 8.30. The number of benzene rings is 2. The highest BCUT2D eigenvalue weighted by Crippen LogP contribution is 2.24. The number of aliphatic hydroxyl groups is 1. The SMILES string of the molecule is CC.CCC(CO)c1ccc(OCc2c(F)cccc2Cl)cc1. The van der Waals surface area contributed by atoms with Gasteiger partial charge in [-0.05, 0) is 36.2 Å². The van der Waals surface area contributed by atoms with Crippen molar-refractivity contribution in [2.24, 2.45) is 0 Å². The van der Waals surface area contributed by atoms with Crippen molar-refractivity contribution >= 4 is 11.6 Å². The van der Waals surface area contributed by atoms with Gasteiger partial charge in [-0.15, -0.1) is 0 Å². The molecule has 23 heavy (non-hydrogen) atoms. The lowest BCUT2D eigenvalue weighted by atomic mass is 9.97. The molecule has 2 aromatic rings. The van der Waals surface area contributed by atoms with Gasteiger partial charge in [0.25, 0.3) is 0 Å². The van der Waals surface area contributed by atoms with Crippen LogP contribution in [-0.2, 0) is 6.61 Å². The maximum atomic E-state index is 13.6. The van der Waals surface area contributed by atoms with Crippen molar-refractivity contribution in [2.45, 2.75) is 39.7 Å². The Balaban J connectivity index is 0.00000127. The van der Waals surface area contributed by atoms with Crippen LogP contribution in [-0.4, -0.2) is 11.7 Å². The van der Waals surface area contributed by atoms with Crippen LogP contribution in [0.1, 0.15) is 44.2 Å². The maximum Gasteiger partial charge on any atom is 0.131 e. The zero-order chi connectivity index (χ0) is 17.2. The van der Waals surface area contributed by atoms with E-state index < -0.39 is 0 Å². The van der Waals surface area contributed by atoms with Crippen molar-refractivity contribution in [2.75, 3.05) is 6.61 Å². The fourth-order valence-electron chi connectivity index (χ4n) is 2.13. The molecule has 126 valence electrons. The molecule has 0 bridgehead atoms. The second-order valence-electron chi connectivity index (χ2n) is 4.85. The predicted molar refractivity (Wildman–Crippen MR) is 93.6 cm³/mol. The van der Waals surface area contributed by atoms with Gasteiger partial charge >= 0.3 is 0 Å². The summed E-state index contributed by atoms with van der Waals surface area (Å²) in [6.07, 6.45) is 0.877. The molecular weight excluding hydrogens is 315 g/mol. The molecule has 0 heterocycles. The summed E-state index contributed by atoms with van der Waals surface area (Å²) in [7, 11) is 0. The monoisotopic (exact) mass is 338 g/mol. The minimum Gasteiger partial charge on any atom is -0.489 e. The third-order valence-corrected chi connectivity index (χ3v) is 3.86. The number of ether oxygens (including phenoxy) is 1. The largest absolute Gasteiger partial charge is 0.489 e. The minimum absolute atomic E-state index is 0.0854. The van der Waals surface area contributed by atoms with E-state index in [0.717, 1.165) is 12.0 Å². The van der Waals surface area contributed by atoms with Gasteiger partial charge in [-0.25, -0.2) is 4.39 Å². The Bertz CT molecular complexity index is 560. The summed E-state index contributed by atoms with van der Waals surface area (Å²) >= 11 is 5.95. The minimum atomic E-state index is -0.370. The lowest BCUT2D eigenvalue weighted by Crippen LogP contribution is -2.03. The summed E-state index contributed by atoms with van der Waals surface area (Å²) < 4.78 is 19.2. The van der Waals surface area contributed by atoms with Crippen LogP contribution >= 0.6 is 11.6 Å². The molecular formula is C19H24ClFO2. The van der Waals surface area contributed by atoms with E-state index in [2.05, 4.69) is 0 Å². The van der Waals surface area contributed by atoms with E-state index in [1.165, 1.54) is 6.07 Å². The Hall–Kier alpha value is -1.58. The van der Waals surface area contributed by atoms with Gasteiger partial charge in [-0.2, -0.15) is 0 Å². The van der Waals surface area contributed by atoms with Gasteiger partial charge in [0.15, 0.2) is 0 Å². The zero-order valence-electron chi connectivity index (χ0n) is 13.9. The maximum absolute atomic E-state index is 13.6. The van der Waals surface area contributed by atoms with Crippen LogP contribution < -0.4 is 4.74 Å². The summed E-state index contributed by atoms with van der Waals surface area (Å²) in [6.45, 7) is 6.25. The second kappa shape index (κ2) is 10.2. The molecule has 0 aliphatic rings. The Morgan fingerprint density at radius 2 is 1.78 bits per heavy atom. The van der Waals surface area contributed by atoms with Gasteiger partial charge in [0.05, 0.1) is 5.02 Å². The number of hydrogen-bond donors (Lipinski definition) is 1. The quantitative estimate of drug-likeness (QED) is 0.746. The summed E-state index contributed by atoms with van der Waals surface area (Å²) in [5, 5.41) is 9.63. The molecule has 1 N–H and O–H groups in total. The Kier molecular flexibility index (Phi) is 8.67. The van der Waals surface area contributed by atoms with Gasteiger partial charge in [-0.1, -0.05) is 50.6 Å². The van der Waals surface area contributed by atoms with Crippen molar-refractivity contribution in [1.29, 1.82) is 0 Å². The van der Waals surface area contributed by atoms with Crippen molar-refractivity contribution < 1.29 is 14.2 Å². The molecule has 2 nitrogen and oxygen atoms in total. The van der Waals surface area contributed by atoms with Crippen LogP contribution in [0.2, 0.25) is 5.02 Å².